The highest BCUT2D eigenvalue weighted by molar-refractivity contribution is 4.86. The van der Waals surface area contributed by atoms with Crippen molar-refractivity contribution in [2.45, 2.75) is 44.1 Å². The van der Waals surface area contributed by atoms with Crippen LogP contribution in [-0.2, 0) is 4.74 Å². The molecular weight excluding hydrogens is 152 g/mol. The van der Waals surface area contributed by atoms with Crippen LogP contribution in [0.15, 0.2) is 0 Å². The number of hydrogen-bond donors (Lipinski definition) is 1. The Balaban J connectivity index is 1.81. The Bertz CT molecular complexity index is 146. The molecule has 0 radical (unpaired) electrons. The topological polar surface area (TPSA) is 29.5 Å². The van der Waals surface area contributed by atoms with Crippen molar-refractivity contribution in [1.82, 2.24) is 0 Å². The SMILES string of the molecule is OC1(CC2CCC2)CCOCC1. The molecule has 2 heteroatoms. The number of aliphatic hydroxyl groups is 1. The Kier molecular flexibility index (Phi) is 2.37. The molecular formula is C10H18O2. The maximum atomic E-state index is 10.1. The van der Waals surface area contributed by atoms with E-state index in [4.69, 9.17) is 4.74 Å². The summed E-state index contributed by atoms with van der Waals surface area (Å²) < 4.78 is 5.24. The maximum Gasteiger partial charge on any atom is 0.0694 e. The largest absolute Gasteiger partial charge is 0.390 e. The minimum absolute atomic E-state index is 0.372. The van der Waals surface area contributed by atoms with Crippen molar-refractivity contribution in [1.29, 1.82) is 0 Å². The second-order valence-corrected chi connectivity index (χ2v) is 4.34. The first kappa shape index (κ1) is 8.52. The van der Waals surface area contributed by atoms with Crippen LogP contribution in [-0.4, -0.2) is 23.9 Å². The van der Waals surface area contributed by atoms with Crippen LogP contribution < -0.4 is 0 Å². The van der Waals surface area contributed by atoms with Gasteiger partial charge in [-0.25, -0.2) is 0 Å². The second kappa shape index (κ2) is 3.35. The second-order valence-electron chi connectivity index (χ2n) is 4.34. The molecule has 0 unspecified atom stereocenters. The van der Waals surface area contributed by atoms with E-state index in [9.17, 15) is 5.11 Å². The first-order chi connectivity index (χ1) is 5.79. The van der Waals surface area contributed by atoms with Crippen LogP contribution in [0.2, 0.25) is 0 Å². The van der Waals surface area contributed by atoms with Crippen LogP contribution in [0.4, 0.5) is 0 Å². The lowest BCUT2D eigenvalue weighted by Crippen LogP contribution is -2.39. The molecule has 12 heavy (non-hydrogen) atoms. The zero-order chi connectivity index (χ0) is 8.44. The highest BCUT2D eigenvalue weighted by Gasteiger charge is 2.34. The first-order valence-corrected chi connectivity index (χ1v) is 5.09. The van der Waals surface area contributed by atoms with Gasteiger partial charge in [-0.15, -0.1) is 0 Å². The first-order valence-electron chi connectivity index (χ1n) is 5.09. The fourth-order valence-electron chi connectivity index (χ4n) is 2.19. The van der Waals surface area contributed by atoms with E-state index < -0.39 is 0 Å². The van der Waals surface area contributed by atoms with Crippen molar-refractivity contribution in [2.24, 2.45) is 5.92 Å². The van der Waals surface area contributed by atoms with E-state index in [0.717, 1.165) is 38.4 Å². The van der Waals surface area contributed by atoms with E-state index in [0.29, 0.717) is 0 Å². The van der Waals surface area contributed by atoms with Crippen LogP contribution in [0.3, 0.4) is 0 Å². The van der Waals surface area contributed by atoms with E-state index in [1.54, 1.807) is 0 Å². The lowest BCUT2D eigenvalue weighted by atomic mass is 9.75. The zero-order valence-corrected chi connectivity index (χ0v) is 7.59. The molecule has 0 aromatic carbocycles. The fourth-order valence-corrected chi connectivity index (χ4v) is 2.19. The van der Waals surface area contributed by atoms with Gasteiger partial charge in [0.15, 0.2) is 0 Å². The Morgan fingerprint density at radius 1 is 1.25 bits per heavy atom. The Morgan fingerprint density at radius 3 is 2.42 bits per heavy atom. The number of hydrogen-bond acceptors (Lipinski definition) is 2. The Labute approximate surface area is 73.9 Å². The van der Waals surface area contributed by atoms with Gasteiger partial charge in [0.05, 0.1) is 5.60 Å². The molecule has 0 bridgehead atoms. The summed E-state index contributed by atoms with van der Waals surface area (Å²) in [5.74, 6) is 0.813. The number of ether oxygens (including phenoxy) is 1. The third-order valence-electron chi connectivity index (χ3n) is 3.32. The molecule has 0 aromatic heterocycles. The van der Waals surface area contributed by atoms with Crippen molar-refractivity contribution in [2.75, 3.05) is 13.2 Å². The minimum atomic E-state index is -0.372. The summed E-state index contributed by atoms with van der Waals surface area (Å²) in [6.45, 7) is 1.51. The quantitative estimate of drug-likeness (QED) is 0.683. The summed E-state index contributed by atoms with van der Waals surface area (Å²) in [6, 6.07) is 0. The lowest BCUT2D eigenvalue weighted by Gasteiger charge is -2.38. The maximum absolute atomic E-state index is 10.1. The van der Waals surface area contributed by atoms with Crippen LogP contribution in [0.25, 0.3) is 0 Å². The van der Waals surface area contributed by atoms with Crippen LogP contribution in [0.5, 0.6) is 0 Å². The van der Waals surface area contributed by atoms with Crippen molar-refractivity contribution in [3.8, 4) is 0 Å². The van der Waals surface area contributed by atoms with Gasteiger partial charge in [-0.2, -0.15) is 0 Å². The van der Waals surface area contributed by atoms with Gasteiger partial charge in [-0.1, -0.05) is 19.3 Å². The number of rotatable bonds is 2. The lowest BCUT2D eigenvalue weighted by molar-refractivity contribution is -0.0816. The molecule has 2 rings (SSSR count). The minimum Gasteiger partial charge on any atom is -0.390 e. The molecule has 1 N–H and O–H groups in total. The summed E-state index contributed by atoms with van der Waals surface area (Å²) in [5.41, 5.74) is -0.372. The van der Waals surface area contributed by atoms with E-state index >= 15 is 0 Å². The average molecular weight is 170 g/mol. The monoisotopic (exact) mass is 170 g/mol. The van der Waals surface area contributed by atoms with Crippen molar-refractivity contribution in [3.05, 3.63) is 0 Å². The van der Waals surface area contributed by atoms with Gasteiger partial charge < -0.3 is 9.84 Å². The molecule has 1 aliphatic heterocycles. The standard InChI is InChI=1S/C10H18O2/c11-10(4-6-12-7-5-10)8-9-2-1-3-9/h9,11H,1-8H2. The van der Waals surface area contributed by atoms with E-state index in [1.165, 1.54) is 19.3 Å². The summed E-state index contributed by atoms with van der Waals surface area (Å²) in [6.07, 6.45) is 6.77. The fraction of sp³-hybridized carbons (Fsp3) is 1.00. The highest BCUT2D eigenvalue weighted by atomic mass is 16.5. The molecule has 1 saturated heterocycles. The molecule has 2 fully saturated rings. The van der Waals surface area contributed by atoms with E-state index in [1.807, 2.05) is 0 Å². The normalized spacial score (nSPS) is 29.8. The highest BCUT2D eigenvalue weighted by Crippen LogP contribution is 2.37. The smallest absolute Gasteiger partial charge is 0.0694 e. The molecule has 0 aromatic rings. The van der Waals surface area contributed by atoms with E-state index in [2.05, 4.69) is 0 Å². The zero-order valence-electron chi connectivity index (χ0n) is 7.59. The molecule has 2 aliphatic rings. The van der Waals surface area contributed by atoms with Gasteiger partial charge in [-0.05, 0) is 25.2 Å². The molecule has 0 amide bonds. The summed E-state index contributed by atoms with van der Waals surface area (Å²) in [5, 5.41) is 10.1. The third-order valence-corrected chi connectivity index (χ3v) is 3.32. The van der Waals surface area contributed by atoms with Gasteiger partial charge in [-0.3, -0.25) is 0 Å². The Hall–Kier alpha value is -0.0800. The molecule has 2 nitrogen and oxygen atoms in total. The van der Waals surface area contributed by atoms with Gasteiger partial charge in [0.2, 0.25) is 0 Å². The summed E-state index contributed by atoms with van der Waals surface area (Å²) in [4.78, 5) is 0. The van der Waals surface area contributed by atoms with Crippen molar-refractivity contribution < 1.29 is 9.84 Å². The Morgan fingerprint density at radius 2 is 1.92 bits per heavy atom. The molecule has 1 saturated carbocycles. The molecule has 1 aliphatic carbocycles. The molecule has 1 heterocycles. The molecule has 70 valence electrons. The predicted octanol–water partition coefficient (Wildman–Crippen LogP) is 1.72. The van der Waals surface area contributed by atoms with Gasteiger partial charge >= 0.3 is 0 Å². The average Bonchev–Trinajstić information content (AvgIpc) is 1.99. The molecule has 0 atom stereocenters. The van der Waals surface area contributed by atoms with E-state index in [-0.39, 0.29) is 5.60 Å². The van der Waals surface area contributed by atoms with Gasteiger partial charge in [0, 0.05) is 13.2 Å². The van der Waals surface area contributed by atoms with Crippen molar-refractivity contribution >= 4 is 0 Å². The van der Waals surface area contributed by atoms with Crippen LogP contribution in [0.1, 0.15) is 38.5 Å². The van der Waals surface area contributed by atoms with Crippen molar-refractivity contribution in [3.63, 3.8) is 0 Å². The van der Waals surface area contributed by atoms with Gasteiger partial charge in [0.1, 0.15) is 0 Å². The predicted molar refractivity (Wildman–Crippen MR) is 47.0 cm³/mol. The summed E-state index contributed by atoms with van der Waals surface area (Å²) in [7, 11) is 0. The van der Waals surface area contributed by atoms with Crippen LogP contribution >= 0.6 is 0 Å². The van der Waals surface area contributed by atoms with Gasteiger partial charge in [0.25, 0.3) is 0 Å². The van der Waals surface area contributed by atoms with Crippen LogP contribution in [0, 0.1) is 5.92 Å². The third kappa shape index (κ3) is 1.80. The molecule has 0 spiro atoms. The summed E-state index contributed by atoms with van der Waals surface area (Å²) >= 11 is 0.